The number of rotatable bonds is 6. The van der Waals surface area contributed by atoms with Crippen molar-refractivity contribution >= 4 is 0 Å². The maximum absolute atomic E-state index is 13.0. The standard InChI is InChI=1S/C14H16FN3O/c15-13-8-12(9-16)14(18-10-13)19-7-1-2-11-3-5-17-6-4-11/h3-6,8,10H,1-2,7,9,16H2. The first kappa shape index (κ1) is 13.4. The van der Waals surface area contributed by atoms with Crippen molar-refractivity contribution in [3.05, 3.63) is 53.7 Å². The van der Waals surface area contributed by atoms with Gasteiger partial charge in [0.1, 0.15) is 5.82 Å². The first-order chi connectivity index (χ1) is 9.29. The lowest BCUT2D eigenvalue weighted by Gasteiger charge is -2.09. The van der Waals surface area contributed by atoms with Gasteiger partial charge in [-0.25, -0.2) is 9.37 Å². The molecule has 5 heteroatoms. The summed E-state index contributed by atoms with van der Waals surface area (Å²) in [7, 11) is 0. The van der Waals surface area contributed by atoms with Crippen molar-refractivity contribution in [3.8, 4) is 5.88 Å². The van der Waals surface area contributed by atoms with E-state index in [1.807, 2.05) is 12.1 Å². The van der Waals surface area contributed by atoms with Crippen LogP contribution in [0.15, 0.2) is 36.8 Å². The zero-order valence-electron chi connectivity index (χ0n) is 10.6. The normalized spacial score (nSPS) is 10.4. The molecule has 0 amide bonds. The van der Waals surface area contributed by atoms with Crippen LogP contribution in [0.3, 0.4) is 0 Å². The number of halogens is 1. The summed E-state index contributed by atoms with van der Waals surface area (Å²) >= 11 is 0. The first-order valence-electron chi connectivity index (χ1n) is 6.16. The second-order valence-corrected chi connectivity index (χ2v) is 4.13. The van der Waals surface area contributed by atoms with Crippen molar-refractivity contribution in [1.29, 1.82) is 0 Å². The van der Waals surface area contributed by atoms with Crippen LogP contribution in [0.25, 0.3) is 0 Å². The maximum Gasteiger partial charge on any atom is 0.218 e. The van der Waals surface area contributed by atoms with Gasteiger partial charge < -0.3 is 10.5 Å². The van der Waals surface area contributed by atoms with Gasteiger partial charge in [0.25, 0.3) is 0 Å². The van der Waals surface area contributed by atoms with E-state index in [0.29, 0.717) is 18.1 Å². The molecule has 100 valence electrons. The Labute approximate surface area is 111 Å². The lowest BCUT2D eigenvalue weighted by molar-refractivity contribution is 0.295. The third kappa shape index (κ3) is 3.99. The van der Waals surface area contributed by atoms with Crippen LogP contribution < -0.4 is 10.5 Å². The largest absolute Gasteiger partial charge is 0.477 e. The molecule has 0 bridgehead atoms. The van der Waals surface area contributed by atoms with Crippen LogP contribution in [0.1, 0.15) is 17.5 Å². The van der Waals surface area contributed by atoms with Crippen molar-refractivity contribution in [2.75, 3.05) is 6.61 Å². The van der Waals surface area contributed by atoms with Gasteiger partial charge in [-0.3, -0.25) is 4.98 Å². The minimum absolute atomic E-state index is 0.213. The van der Waals surface area contributed by atoms with Gasteiger partial charge in [0, 0.05) is 24.5 Å². The average molecular weight is 261 g/mol. The topological polar surface area (TPSA) is 61.0 Å². The summed E-state index contributed by atoms with van der Waals surface area (Å²) in [5, 5.41) is 0. The van der Waals surface area contributed by atoms with E-state index in [2.05, 4.69) is 9.97 Å². The Morgan fingerprint density at radius 2 is 2.05 bits per heavy atom. The number of hydrogen-bond donors (Lipinski definition) is 1. The van der Waals surface area contributed by atoms with E-state index < -0.39 is 5.82 Å². The quantitative estimate of drug-likeness (QED) is 0.809. The smallest absolute Gasteiger partial charge is 0.218 e. The van der Waals surface area contributed by atoms with E-state index in [-0.39, 0.29) is 6.54 Å². The minimum atomic E-state index is -0.399. The number of nitrogens with zero attached hydrogens (tertiary/aromatic N) is 2. The van der Waals surface area contributed by atoms with E-state index >= 15 is 0 Å². The molecular formula is C14H16FN3O. The summed E-state index contributed by atoms with van der Waals surface area (Å²) in [6.07, 6.45) is 6.43. The highest BCUT2D eigenvalue weighted by atomic mass is 19.1. The van der Waals surface area contributed by atoms with Crippen molar-refractivity contribution < 1.29 is 9.13 Å². The van der Waals surface area contributed by atoms with E-state index in [1.165, 1.54) is 11.6 Å². The molecule has 0 aromatic carbocycles. The molecular weight excluding hydrogens is 245 g/mol. The van der Waals surface area contributed by atoms with Gasteiger partial charge in [-0.05, 0) is 36.6 Å². The first-order valence-corrected chi connectivity index (χ1v) is 6.16. The Morgan fingerprint density at radius 1 is 1.26 bits per heavy atom. The molecule has 0 saturated heterocycles. The zero-order chi connectivity index (χ0) is 13.5. The number of aromatic nitrogens is 2. The summed E-state index contributed by atoms with van der Waals surface area (Å²) in [6.45, 7) is 0.735. The number of aryl methyl sites for hydroxylation is 1. The fraction of sp³-hybridized carbons (Fsp3) is 0.286. The van der Waals surface area contributed by atoms with Gasteiger partial charge in [-0.15, -0.1) is 0 Å². The Kier molecular flexibility index (Phi) is 4.80. The fourth-order valence-corrected chi connectivity index (χ4v) is 1.74. The van der Waals surface area contributed by atoms with Crippen molar-refractivity contribution in [3.63, 3.8) is 0 Å². The Bertz CT molecular complexity index is 519. The van der Waals surface area contributed by atoms with Gasteiger partial charge in [-0.1, -0.05) is 0 Å². The van der Waals surface area contributed by atoms with Gasteiger partial charge in [-0.2, -0.15) is 0 Å². The third-order valence-corrected chi connectivity index (χ3v) is 2.71. The average Bonchev–Trinajstić information content (AvgIpc) is 2.46. The zero-order valence-corrected chi connectivity index (χ0v) is 10.6. The van der Waals surface area contributed by atoms with Crippen LogP contribution in [0.2, 0.25) is 0 Å². The van der Waals surface area contributed by atoms with E-state index in [9.17, 15) is 4.39 Å². The molecule has 0 unspecified atom stereocenters. The molecule has 2 aromatic heterocycles. The maximum atomic E-state index is 13.0. The van der Waals surface area contributed by atoms with Crippen LogP contribution >= 0.6 is 0 Å². The van der Waals surface area contributed by atoms with Gasteiger partial charge >= 0.3 is 0 Å². The number of ether oxygens (including phenoxy) is 1. The van der Waals surface area contributed by atoms with Gasteiger partial charge in [0.15, 0.2) is 0 Å². The van der Waals surface area contributed by atoms with E-state index in [0.717, 1.165) is 19.0 Å². The highest BCUT2D eigenvalue weighted by molar-refractivity contribution is 5.25. The molecule has 0 radical (unpaired) electrons. The Morgan fingerprint density at radius 3 is 2.79 bits per heavy atom. The lowest BCUT2D eigenvalue weighted by Crippen LogP contribution is -2.07. The fourth-order valence-electron chi connectivity index (χ4n) is 1.74. The predicted molar refractivity (Wildman–Crippen MR) is 70.1 cm³/mol. The highest BCUT2D eigenvalue weighted by Crippen LogP contribution is 2.15. The molecule has 0 spiro atoms. The van der Waals surface area contributed by atoms with Crippen LogP contribution in [0.5, 0.6) is 5.88 Å². The third-order valence-electron chi connectivity index (χ3n) is 2.71. The molecule has 2 rings (SSSR count). The molecule has 0 saturated carbocycles. The second kappa shape index (κ2) is 6.80. The van der Waals surface area contributed by atoms with Crippen molar-refractivity contribution in [2.24, 2.45) is 5.73 Å². The second-order valence-electron chi connectivity index (χ2n) is 4.13. The van der Waals surface area contributed by atoms with Crippen LogP contribution in [0, 0.1) is 5.82 Å². The van der Waals surface area contributed by atoms with Crippen LogP contribution in [-0.4, -0.2) is 16.6 Å². The van der Waals surface area contributed by atoms with Crippen molar-refractivity contribution in [2.45, 2.75) is 19.4 Å². The number of nitrogens with two attached hydrogens (primary N) is 1. The predicted octanol–water partition coefficient (Wildman–Crippen LogP) is 2.09. The lowest BCUT2D eigenvalue weighted by atomic mass is 10.1. The SMILES string of the molecule is NCc1cc(F)cnc1OCCCc1ccncc1. The van der Waals surface area contributed by atoms with E-state index in [1.54, 1.807) is 12.4 Å². The number of hydrogen-bond acceptors (Lipinski definition) is 4. The van der Waals surface area contributed by atoms with Crippen LogP contribution in [0.4, 0.5) is 4.39 Å². The molecule has 4 nitrogen and oxygen atoms in total. The molecule has 0 atom stereocenters. The monoisotopic (exact) mass is 261 g/mol. The molecule has 2 aromatic rings. The molecule has 19 heavy (non-hydrogen) atoms. The molecule has 0 aliphatic carbocycles. The van der Waals surface area contributed by atoms with Crippen LogP contribution in [-0.2, 0) is 13.0 Å². The highest BCUT2D eigenvalue weighted by Gasteiger charge is 2.05. The van der Waals surface area contributed by atoms with Crippen molar-refractivity contribution in [1.82, 2.24) is 9.97 Å². The summed E-state index contributed by atoms with van der Waals surface area (Å²) in [5.74, 6) is 0.0169. The Balaban J connectivity index is 1.83. The molecule has 0 fully saturated rings. The minimum Gasteiger partial charge on any atom is -0.477 e. The summed E-state index contributed by atoms with van der Waals surface area (Å²) in [6, 6.07) is 5.30. The van der Waals surface area contributed by atoms with Gasteiger partial charge in [0.2, 0.25) is 5.88 Å². The summed E-state index contributed by atoms with van der Waals surface area (Å²) in [4.78, 5) is 7.87. The molecule has 2 heterocycles. The summed E-state index contributed by atoms with van der Waals surface area (Å²) in [5.41, 5.74) is 7.32. The summed E-state index contributed by atoms with van der Waals surface area (Å²) < 4.78 is 18.5. The number of pyridine rings is 2. The van der Waals surface area contributed by atoms with Gasteiger partial charge in [0.05, 0.1) is 12.8 Å². The molecule has 0 aliphatic heterocycles. The Hall–Kier alpha value is -2.01. The van der Waals surface area contributed by atoms with E-state index in [4.69, 9.17) is 10.5 Å². The molecule has 2 N–H and O–H groups in total. The molecule has 0 aliphatic rings.